The van der Waals surface area contributed by atoms with Crippen molar-refractivity contribution < 1.29 is 28.9 Å². The van der Waals surface area contributed by atoms with Gasteiger partial charge in [0.15, 0.2) is 0 Å². The molecule has 0 aromatic heterocycles. The van der Waals surface area contributed by atoms with Gasteiger partial charge < -0.3 is 24.6 Å². The number of carboxylic acid groups (broad SMARTS) is 1. The van der Waals surface area contributed by atoms with E-state index in [4.69, 9.17) is 14.2 Å². The normalized spacial score (nSPS) is 19.7. The van der Waals surface area contributed by atoms with Gasteiger partial charge in [-0.1, -0.05) is 18.9 Å². The molecule has 0 bridgehead atoms. The highest BCUT2D eigenvalue weighted by Crippen LogP contribution is 2.38. The topological polar surface area (TPSA) is 94.1 Å². The molecule has 188 valence electrons. The van der Waals surface area contributed by atoms with E-state index in [1.165, 1.54) is 0 Å². The summed E-state index contributed by atoms with van der Waals surface area (Å²) in [6.07, 6.45) is 5.28. The molecule has 0 saturated heterocycles. The minimum Gasteiger partial charge on any atom is -0.496 e. The smallest absolute Gasteiger partial charge is 0.307 e. The van der Waals surface area contributed by atoms with Crippen molar-refractivity contribution in [3.05, 3.63) is 41.5 Å². The summed E-state index contributed by atoms with van der Waals surface area (Å²) in [4.78, 5) is 24.7. The highest BCUT2D eigenvalue weighted by atomic mass is 16.5. The first-order chi connectivity index (χ1) is 16.9. The molecule has 2 aromatic rings. The number of ether oxygens (including phenoxy) is 3. The molecule has 2 aliphatic rings. The van der Waals surface area contributed by atoms with Crippen LogP contribution in [0.1, 0.15) is 56.6 Å². The van der Waals surface area contributed by atoms with Gasteiger partial charge in [0.25, 0.3) is 0 Å². The maximum atomic E-state index is 13.0. The monoisotopic (exact) mass is 481 g/mol. The minimum absolute atomic E-state index is 0.227. The van der Waals surface area contributed by atoms with Crippen molar-refractivity contribution in [2.75, 3.05) is 19.0 Å². The number of anilines is 1. The maximum Gasteiger partial charge on any atom is 0.307 e. The Morgan fingerprint density at radius 3 is 2.40 bits per heavy atom. The Labute approximate surface area is 206 Å². The number of hydrogen-bond donors (Lipinski definition) is 2. The lowest BCUT2D eigenvalue weighted by Crippen LogP contribution is -2.36. The predicted octanol–water partition coefficient (Wildman–Crippen LogP) is 5.58. The summed E-state index contributed by atoms with van der Waals surface area (Å²) >= 11 is 0. The van der Waals surface area contributed by atoms with Crippen LogP contribution < -0.4 is 14.8 Å². The van der Waals surface area contributed by atoms with E-state index in [9.17, 15) is 14.7 Å². The number of aliphatic carboxylic acids is 1. The number of methoxy groups -OCH3 is 1. The lowest BCUT2D eigenvalue weighted by atomic mass is 9.78. The van der Waals surface area contributed by atoms with Crippen molar-refractivity contribution in [2.45, 2.75) is 65.1 Å². The van der Waals surface area contributed by atoms with Crippen molar-refractivity contribution in [1.29, 1.82) is 0 Å². The first-order valence-corrected chi connectivity index (χ1v) is 12.5. The van der Waals surface area contributed by atoms with Gasteiger partial charge in [0.2, 0.25) is 5.91 Å². The van der Waals surface area contributed by atoms with Gasteiger partial charge in [0, 0.05) is 11.3 Å². The third-order valence-corrected chi connectivity index (χ3v) is 6.93. The molecule has 2 atom stereocenters. The maximum absolute atomic E-state index is 13.0. The quantitative estimate of drug-likeness (QED) is 0.460. The molecule has 0 unspecified atom stereocenters. The number of amides is 1. The highest BCUT2D eigenvalue weighted by Gasteiger charge is 2.35. The average molecular weight is 482 g/mol. The minimum atomic E-state index is -0.892. The van der Waals surface area contributed by atoms with Crippen LogP contribution in [0.15, 0.2) is 30.3 Å². The van der Waals surface area contributed by atoms with Crippen LogP contribution in [0.25, 0.3) is 11.1 Å². The Hall–Kier alpha value is -3.06. The molecule has 35 heavy (non-hydrogen) atoms. The zero-order valence-electron chi connectivity index (χ0n) is 20.8. The molecule has 0 aliphatic heterocycles. The van der Waals surface area contributed by atoms with E-state index in [1.807, 2.05) is 44.2 Å². The largest absolute Gasteiger partial charge is 0.496 e. The Kier molecular flexibility index (Phi) is 7.96. The van der Waals surface area contributed by atoms with Crippen LogP contribution in [0, 0.1) is 18.8 Å². The predicted molar refractivity (Wildman–Crippen MR) is 134 cm³/mol. The van der Waals surface area contributed by atoms with Crippen LogP contribution in [0.4, 0.5) is 5.69 Å². The van der Waals surface area contributed by atoms with E-state index in [0.29, 0.717) is 31.7 Å². The third-order valence-electron chi connectivity index (χ3n) is 6.93. The molecule has 7 nitrogen and oxygen atoms in total. The molecular formula is C28H35NO6. The fourth-order valence-corrected chi connectivity index (χ4v) is 4.83. The fourth-order valence-electron chi connectivity index (χ4n) is 4.83. The second-order valence-electron chi connectivity index (χ2n) is 9.44. The van der Waals surface area contributed by atoms with Crippen LogP contribution in [0.2, 0.25) is 0 Å². The van der Waals surface area contributed by atoms with Gasteiger partial charge in [-0.3, -0.25) is 9.59 Å². The number of rotatable bonds is 10. The summed E-state index contributed by atoms with van der Waals surface area (Å²) in [5.74, 6) is -0.744. The molecule has 0 heterocycles. The molecular weight excluding hydrogens is 446 g/mol. The van der Waals surface area contributed by atoms with Crippen molar-refractivity contribution >= 4 is 17.6 Å². The molecule has 0 radical (unpaired) electrons. The molecule has 4 rings (SSSR count). The molecule has 1 amide bonds. The van der Waals surface area contributed by atoms with Gasteiger partial charge in [0.05, 0.1) is 38.3 Å². The van der Waals surface area contributed by atoms with Gasteiger partial charge >= 0.3 is 5.97 Å². The lowest BCUT2D eigenvalue weighted by Gasteiger charge is -2.27. The van der Waals surface area contributed by atoms with Crippen LogP contribution >= 0.6 is 0 Å². The summed E-state index contributed by atoms with van der Waals surface area (Å²) in [6, 6.07) is 9.76. The van der Waals surface area contributed by atoms with Crippen molar-refractivity contribution in [2.24, 2.45) is 11.8 Å². The first-order valence-electron chi connectivity index (χ1n) is 12.5. The zero-order chi connectivity index (χ0) is 24.9. The highest BCUT2D eigenvalue weighted by molar-refractivity contribution is 5.95. The van der Waals surface area contributed by atoms with Gasteiger partial charge in [-0.25, -0.2) is 0 Å². The van der Waals surface area contributed by atoms with Crippen LogP contribution in [-0.2, 0) is 20.9 Å². The number of benzene rings is 2. The van der Waals surface area contributed by atoms with Crippen LogP contribution in [0.3, 0.4) is 0 Å². The molecule has 7 heteroatoms. The molecule has 2 aromatic carbocycles. The van der Waals surface area contributed by atoms with E-state index < -0.39 is 17.8 Å². The second kappa shape index (κ2) is 11.1. The van der Waals surface area contributed by atoms with Crippen molar-refractivity contribution in [1.82, 2.24) is 0 Å². The number of hydrogen-bond acceptors (Lipinski definition) is 5. The van der Waals surface area contributed by atoms with Gasteiger partial charge in [0.1, 0.15) is 11.5 Å². The summed E-state index contributed by atoms with van der Waals surface area (Å²) in [6.45, 7) is 4.89. The summed E-state index contributed by atoms with van der Waals surface area (Å²) in [5.41, 5.74) is 4.46. The Morgan fingerprint density at radius 1 is 1.03 bits per heavy atom. The summed E-state index contributed by atoms with van der Waals surface area (Å²) in [5, 5.41) is 12.5. The third kappa shape index (κ3) is 5.96. The van der Waals surface area contributed by atoms with E-state index in [0.717, 1.165) is 59.4 Å². The Balaban J connectivity index is 1.63. The number of carboxylic acids is 1. The number of carbonyl (C=O) groups is 2. The molecule has 0 spiro atoms. The number of carbonyl (C=O) groups excluding carboxylic acids is 1. The van der Waals surface area contributed by atoms with Crippen LogP contribution in [-0.4, -0.2) is 36.8 Å². The first kappa shape index (κ1) is 25.0. The Bertz CT molecular complexity index is 1080. The van der Waals surface area contributed by atoms with Crippen molar-refractivity contribution in [3.8, 4) is 22.6 Å². The summed E-state index contributed by atoms with van der Waals surface area (Å²) < 4.78 is 17.5. The number of nitrogens with one attached hydrogen (secondary N) is 1. The van der Waals surface area contributed by atoms with E-state index in [2.05, 4.69) is 5.32 Å². The van der Waals surface area contributed by atoms with Gasteiger partial charge in [-0.2, -0.15) is 0 Å². The van der Waals surface area contributed by atoms with E-state index in [1.54, 1.807) is 7.11 Å². The van der Waals surface area contributed by atoms with Crippen LogP contribution in [0.5, 0.6) is 11.5 Å². The zero-order valence-corrected chi connectivity index (χ0v) is 20.8. The van der Waals surface area contributed by atoms with E-state index >= 15 is 0 Å². The fraction of sp³-hybridized carbons (Fsp3) is 0.500. The summed E-state index contributed by atoms with van der Waals surface area (Å²) in [7, 11) is 1.65. The molecule has 2 fully saturated rings. The molecule has 2 aliphatic carbocycles. The molecule has 2 N–H and O–H groups in total. The van der Waals surface area contributed by atoms with E-state index in [-0.39, 0.29) is 12.0 Å². The van der Waals surface area contributed by atoms with Crippen molar-refractivity contribution in [3.63, 3.8) is 0 Å². The standard InChI is InChI=1S/C28H35NO6/c1-4-34-26-15-18(14-25(33-3)17(26)2)22-12-9-20(13-19(22)16-35-21-10-11-21)29-27(30)23-7-5-6-8-24(23)28(31)32/h9,12-15,21,23-24H,4-8,10-11,16H2,1-3H3,(H,29,30)(H,31,32)/t23-,24+/m0/s1. The molecule has 2 saturated carbocycles. The SMILES string of the molecule is CCOc1cc(-c2ccc(NC(=O)[C@H]3CCCC[C@H]3C(=O)O)cc2COC2CC2)cc(OC)c1C. The average Bonchev–Trinajstić information content (AvgIpc) is 3.69. The lowest BCUT2D eigenvalue weighted by molar-refractivity contribution is -0.147. The Morgan fingerprint density at radius 2 is 1.74 bits per heavy atom. The van der Waals surface area contributed by atoms with Gasteiger partial charge in [-0.05, 0) is 80.5 Å². The van der Waals surface area contributed by atoms with Gasteiger partial charge in [-0.15, -0.1) is 0 Å². The second-order valence-corrected chi connectivity index (χ2v) is 9.44.